The van der Waals surface area contributed by atoms with Crippen LogP contribution in [0.25, 0.3) is 0 Å². The number of rotatable bonds is 2. The third kappa shape index (κ3) is 3.06. The third-order valence-corrected chi connectivity index (χ3v) is 2.12. The van der Waals surface area contributed by atoms with Crippen molar-refractivity contribution in [2.45, 2.75) is 33.6 Å². The Labute approximate surface area is 88.5 Å². The molecule has 0 atom stereocenters. The molecule has 0 aromatic rings. The van der Waals surface area contributed by atoms with E-state index in [1.807, 2.05) is 0 Å². The van der Waals surface area contributed by atoms with Crippen LogP contribution in [-0.4, -0.2) is 0 Å². The second-order valence-corrected chi connectivity index (χ2v) is 3.21. The Morgan fingerprint density at radius 3 is 2.36 bits per heavy atom. The Kier molecular flexibility index (Phi) is 5.24. The molecule has 0 fully saturated rings. The summed E-state index contributed by atoms with van der Waals surface area (Å²) in [4.78, 5) is 0. The standard InChI is InChI=1S/C10H16.Hf/c1-4-9-5-6-10(7-9)8(2)3;/h5,7-8H,4,6H2,1-3H3;. The second kappa shape index (κ2) is 5.08. The average Bonchev–Trinajstić information content (AvgIpc) is 2.34. The minimum atomic E-state index is 0. The van der Waals surface area contributed by atoms with Crippen LogP contribution in [0, 0.1) is 5.92 Å². The molecule has 0 radical (unpaired) electrons. The molecule has 1 aliphatic rings. The Bertz CT molecular complexity index is 175. The van der Waals surface area contributed by atoms with Gasteiger partial charge in [0.15, 0.2) is 0 Å². The van der Waals surface area contributed by atoms with Crippen molar-refractivity contribution in [3.63, 3.8) is 0 Å². The van der Waals surface area contributed by atoms with E-state index < -0.39 is 0 Å². The minimum Gasteiger partial charge on any atom is -0.0772 e. The van der Waals surface area contributed by atoms with Crippen molar-refractivity contribution in [1.82, 2.24) is 0 Å². The maximum atomic E-state index is 2.35. The van der Waals surface area contributed by atoms with Crippen LogP contribution in [0.4, 0.5) is 0 Å². The van der Waals surface area contributed by atoms with E-state index >= 15 is 0 Å². The molecular formula is C10H16Hf. The Morgan fingerprint density at radius 2 is 2.09 bits per heavy atom. The van der Waals surface area contributed by atoms with Gasteiger partial charge in [0.25, 0.3) is 0 Å². The molecule has 0 spiro atoms. The van der Waals surface area contributed by atoms with E-state index in [0.717, 1.165) is 5.92 Å². The summed E-state index contributed by atoms with van der Waals surface area (Å²) in [6.07, 6.45) is 7.08. The number of hydrogen-bond acceptors (Lipinski definition) is 0. The zero-order valence-electron chi connectivity index (χ0n) is 7.65. The molecule has 1 aliphatic carbocycles. The molecule has 0 saturated carbocycles. The fourth-order valence-electron chi connectivity index (χ4n) is 1.25. The van der Waals surface area contributed by atoms with Crippen molar-refractivity contribution in [3.8, 4) is 0 Å². The molecule has 0 aromatic heterocycles. The first-order valence-corrected chi connectivity index (χ1v) is 4.13. The molecule has 0 bridgehead atoms. The van der Waals surface area contributed by atoms with Crippen LogP contribution in [-0.2, 0) is 25.8 Å². The molecule has 0 unspecified atom stereocenters. The molecule has 0 saturated heterocycles. The van der Waals surface area contributed by atoms with Crippen LogP contribution < -0.4 is 0 Å². The summed E-state index contributed by atoms with van der Waals surface area (Å²) in [6, 6.07) is 0. The van der Waals surface area contributed by atoms with Gasteiger partial charge in [0.2, 0.25) is 0 Å². The van der Waals surface area contributed by atoms with Crippen LogP contribution >= 0.6 is 0 Å². The van der Waals surface area contributed by atoms with Gasteiger partial charge in [-0.05, 0) is 18.8 Å². The zero-order valence-corrected chi connectivity index (χ0v) is 11.2. The Morgan fingerprint density at radius 1 is 1.45 bits per heavy atom. The molecule has 1 heteroatoms. The summed E-state index contributed by atoms with van der Waals surface area (Å²) >= 11 is 0. The minimum absolute atomic E-state index is 0. The predicted octanol–water partition coefficient (Wildman–Crippen LogP) is 3.31. The maximum Gasteiger partial charge on any atom is 0 e. The maximum absolute atomic E-state index is 2.35. The zero-order chi connectivity index (χ0) is 7.56. The molecule has 0 aliphatic heterocycles. The van der Waals surface area contributed by atoms with Crippen molar-refractivity contribution >= 4 is 0 Å². The van der Waals surface area contributed by atoms with E-state index in [4.69, 9.17) is 0 Å². The van der Waals surface area contributed by atoms with Crippen LogP contribution in [0.2, 0.25) is 0 Å². The Balaban J connectivity index is 0.000001000. The van der Waals surface area contributed by atoms with E-state index in [-0.39, 0.29) is 25.8 Å². The fraction of sp³-hybridized carbons (Fsp3) is 0.600. The van der Waals surface area contributed by atoms with Gasteiger partial charge in [-0.25, -0.2) is 0 Å². The molecule has 0 amide bonds. The average molecular weight is 315 g/mol. The fourth-order valence-corrected chi connectivity index (χ4v) is 1.25. The van der Waals surface area contributed by atoms with Crippen LogP contribution in [0.15, 0.2) is 23.3 Å². The van der Waals surface area contributed by atoms with E-state index in [1.165, 1.54) is 18.4 Å². The van der Waals surface area contributed by atoms with E-state index in [9.17, 15) is 0 Å². The first-order chi connectivity index (χ1) is 4.74. The van der Waals surface area contributed by atoms with Crippen molar-refractivity contribution < 1.29 is 25.8 Å². The van der Waals surface area contributed by atoms with Gasteiger partial charge in [-0.2, -0.15) is 0 Å². The molecule has 0 nitrogen and oxygen atoms in total. The summed E-state index contributed by atoms with van der Waals surface area (Å²) in [7, 11) is 0. The smallest absolute Gasteiger partial charge is 0 e. The van der Waals surface area contributed by atoms with Gasteiger partial charge in [0, 0.05) is 25.8 Å². The largest absolute Gasteiger partial charge is 0.0772 e. The summed E-state index contributed by atoms with van der Waals surface area (Å²) in [5.41, 5.74) is 3.11. The second-order valence-electron chi connectivity index (χ2n) is 3.21. The molecule has 0 N–H and O–H groups in total. The predicted molar refractivity (Wildman–Crippen MR) is 45.9 cm³/mol. The van der Waals surface area contributed by atoms with Crippen molar-refractivity contribution in [1.29, 1.82) is 0 Å². The first kappa shape index (κ1) is 11.4. The van der Waals surface area contributed by atoms with Gasteiger partial charge in [-0.1, -0.05) is 44.1 Å². The quantitative estimate of drug-likeness (QED) is 0.686. The van der Waals surface area contributed by atoms with Crippen molar-refractivity contribution in [2.75, 3.05) is 0 Å². The summed E-state index contributed by atoms with van der Waals surface area (Å²) in [6.45, 7) is 6.74. The normalized spacial score (nSPS) is 16.0. The molecule has 60 valence electrons. The van der Waals surface area contributed by atoms with Gasteiger partial charge in [-0.3, -0.25) is 0 Å². The molecule has 0 aromatic carbocycles. The van der Waals surface area contributed by atoms with Gasteiger partial charge in [0.05, 0.1) is 0 Å². The summed E-state index contributed by atoms with van der Waals surface area (Å²) < 4.78 is 0. The van der Waals surface area contributed by atoms with Crippen LogP contribution in [0.1, 0.15) is 33.6 Å². The molecule has 1 rings (SSSR count). The molecule has 0 heterocycles. The first-order valence-electron chi connectivity index (χ1n) is 4.13. The van der Waals surface area contributed by atoms with E-state index in [1.54, 1.807) is 5.57 Å². The SMILES string of the molecule is CCC1=CCC(C(C)C)=C1.[Hf]. The molecule has 11 heavy (non-hydrogen) atoms. The summed E-state index contributed by atoms with van der Waals surface area (Å²) in [5.74, 6) is 0.736. The molecular weight excluding hydrogens is 299 g/mol. The van der Waals surface area contributed by atoms with Gasteiger partial charge in [-0.15, -0.1) is 0 Å². The van der Waals surface area contributed by atoms with Crippen molar-refractivity contribution in [3.05, 3.63) is 23.3 Å². The van der Waals surface area contributed by atoms with E-state index in [2.05, 4.69) is 32.9 Å². The monoisotopic (exact) mass is 316 g/mol. The third-order valence-electron chi connectivity index (χ3n) is 2.12. The van der Waals surface area contributed by atoms with Crippen molar-refractivity contribution in [2.24, 2.45) is 5.92 Å². The van der Waals surface area contributed by atoms with Gasteiger partial charge in [0.1, 0.15) is 0 Å². The van der Waals surface area contributed by atoms with Gasteiger partial charge < -0.3 is 0 Å². The topological polar surface area (TPSA) is 0 Å². The van der Waals surface area contributed by atoms with Crippen LogP contribution in [0.5, 0.6) is 0 Å². The Hall–Kier alpha value is 0.350. The van der Waals surface area contributed by atoms with E-state index in [0.29, 0.717) is 0 Å². The van der Waals surface area contributed by atoms with Gasteiger partial charge >= 0.3 is 0 Å². The number of hydrogen-bond donors (Lipinski definition) is 0. The number of allylic oxidation sites excluding steroid dienone is 4. The van der Waals surface area contributed by atoms with Crippen LogP contribution in [0.3, 0.4) is 0 Å². The summed E-state index contributed by atoms with van der Waals surface area (Å²) in [5, 5.41) is 0.